The van der Waals surface area contributed by atoms with Crippen LogP contribution in [0.15, 0.2) is 41.8 Å². The Morgan fingerprint density at radius 1 is 0.967 bits per heavy atom. The molecule has 4 saturated carbocycles. The van der Waals surface area contributed by atoms with Crippen molar-refractivity contribution in [2.24, 2.45) is 17.8 Å². The number of nitrogens with zero attached hydrogens (tertiary/aromatic N) is 2. The van der Waals surface area contributed by atoms with Gasteiger partial charge in [-0.25, -0.2) is 8.42 Å². The van der Waals surface area contributed by atoms with E-state index in [0.29, 0.717) is 24.3 Å². The van der Waals surface area contributed by atoms with Gasteiger partial charge < -0.3 is 5.32 Å². The van der Waals surface area contributed by atoms with Crippen LogP contribution < -0.4 is 5.32 Å². The predicted octanol–water partition coefficient (Wildman–Crippen LogP) is 3.09. The molecule has 4 bridgehead atoms. The second-order valence-corrected chi connectivity index (χ2v) is 11.7. The zero-order valence-corrected chi connectivity index (χ0v) is 18.2. The standard InChI is InChI=1S/C23H31N3O3S/c1-2-22(27)24-20-3-5-21(6-4-20)30(28,29)26-9-7-25(8-10-26)23-14-17-11-18(15-23)13-19(12-17)16-23/h2-6,17-19H,1,7-16H2,(H,24,27). The molecule has 1 aromatic carbocycles. The molecule has 0 radical (unpaired) electrons. The summed E-state index contributed by atoms with van der Waals surface area (Å²) in [7, 11) is -3.52. The SMILES string of the molecule is C=CC(=O)Nc1ccc(S(=O)(=O)N2CCN(C34CC5CC(CC(C5)C3)C4)CC2)cc1. The number of carbonyl (C=O) groups is 1. The molecular weight excluding hydrogens is 398 g/mol. The second kappa shape index (κ2) is 7.46. The van der Waals surface area contributed by atoms with Gasteiger partial charge in [0.1, 0.15) is 0 Å². The lowest BCUT2D eigenvalue weighted by atomic mass is 9.52. The molecule has 0 unspecified atom stereocenters. The van der Waals surface area contributed by atoms with E-state index in [2.05, 4.69) is 16.8 Å². The number of hydrogen-bond acceptors (Lipinski definition) is 4. The van der Waals surface area contributed by atoms with Crippen LogP contribution in [0.4, 0.5) is 5.69 Å². The Morgan fingerprint density at radius 3 is 2.00 bits per heavy atom. The Kier molecular flexibility index (Phi) is 5.03. The lowest BCUT2D eigenvalue weighted by molar-refractivity contribution is -0.111. The maximum Gasteiger partial charge on any atom is 0.247 e. The zero-order valence-electron chi connectivity index (χ0n) is 17.4. The van der Waals surface area contributed by atoms with E-state index in [-0.39, 0.29) is 10.8 Å². The van der Waals surface area contributed by atoms with Crippen molar-refractivity contribution in [1.82, 2.24) is 9.21 Å². The number of rotatable bonds is 5. The van der Waals surface area contributed by atoms with Gasteiger partial charge in [-0.2, -0.15) is 4.31 Å². The fraction of sp³-hybridized carbons (Fsp3) is 0.609. The first-order valence-corrected chi connectivity index (χ1v) is 12.6. The number of piperazine rings is 1. The van der Waals surface area contributed by atoms with E-state index in [4.69, 9.17) is 0 Å². The van der Waals surface area contributed by atoms with E-state index in [1.165, 1.54) is 44.6 Å². The molecule has 5 fully saturated rings. The Hall–Kier alpha value is -1.70. The summed E-state index contributed by atoms with van der Waals surface area (Å²) in [5.41, 5.74) is 0.904. The van der Waals surface area contributed by atoms with Gasteiger partial charge in [0.05, 0.1) is 4.90 Å². The van der Waals surface area contributed by atoms with Crippen molar-refractivity contribution in [1.29, 1.82) is 0 Å². The van der Waals surface area contributed by atoms with Gasteiger partial charge in [-0.05, 0) is 86.6 Å². The van der Waals surface area contributed by atoms with Crippen LogP contribution in [0.2, 0.25) is 0 Å². The van der Waals surface area contributed by atoms with Gasteiger partial charge in [0.2, 0.25) is 15.9 Å². The van der Waals surface area contributed by atoms with Crippen LogP contribution in [0.5, 0.6) is 0 Å². The molecule has 6 nitrogen and oxygen atoms in total. The Labute approximate surface area is 179 Å². The van der Waals surface area contributed by atoms with E-state index in [9.17, 15) is 13.2 Å². The van der Waals surface area contributed by atoms with Crippen LogP contribution in [0.3, 0.4) is 0 Å². The first-order chi connectivity index (χ1) is 14.4. The number of sulfonamides is 1. The first kappa shape index (κ1) is 20.2. The molecule has 1 amide bonds. The van der Waals surface area contributed by atoms with Crippen LogP contribution in [0, 0.1) is 17.8 Å². The third kappa shape index (κ3) is 3.51. The van der Waals surface area contributed by atoms with E-state index in [0.717, 1.165) is 30.8 Å². The molecule has 7 heteroatoms. The number of amides is 1. The van der Waals surface area contributed by atoms with Gasteiger partial charge >= 0.3 is 0 Å². The van der Waals surface area contributed by atoms with Crippen LogP contribution in [-0.2, 0) is 14.8 Å². The van der Waals surface area contributed by atoms with Crippen molar-refractivity contribution >= 4 is 21.6 Å². The first-order valence-electron chi connectivity index (χ1n) is 11.2. The van der Waals surface area contributed by atoms with Gasteiger partial charge in [0.25, 0.3) is 0 Å². The molecule has 0 aromatic heterocycles. The minimum absolute atomic E-state index is 0.280. The highest BCUT2D eigenvalue weighted by atomic mass is 32.2. The summed E-state index contributed by atoms with van der Waals surface area (Å²) >= 11 is 0. The number of nitrogens with one attached hydrogen (secondary N) is 1. The predicted molar refractivity (Wildman–Crippen MR) is 117 cm³/mol. The van der Waals surface area contributed by atoms with Gasteiger partial charge in [0, 0.05) is 37.4 Å². The van der Waals surface area contributed by atoms with E-state index < -0.39 is 10.0 Å². The summed E-state index contributed by atoms with van der Waals surface area (Å²) < 4.78 is 27.9. The van der Waals surface area contributed by atoms with Crippen molar-refractivity contribution in [3.63, 3.8) is 0 Å². The molecule has 1 heterocycles. The number of carbonyl (C=O) groups excluding carboxylic acids is 1. The number of benzene rings is 1. The molecule has 6 rings (SSSR count). The van der Waals surface area contributed by atoms with Crippen molar-refractivity contribution in [2.45, 2.75) is 49.0 Å². The highest BCUT2D eigenvalue weighted by Gasteiger charge is 2.53. The summed E-state index contributed by atoms with van der Waals surface area (Å²) in [6.45, 7) is 6.19. The summed E-state index contributed by atoms with van der Waals surface area (Å²) in [4.78, 5) is 14.3. The summed E-state index contributed by atoms with van der Waals surface area (Å²) in [6.07, 6.45) is 9.44. The molecule has 5 aliphatic rings. The van der Waals surface area contributed by atoms with Crippen LogP contribution >= 0.6 is 0 Å². The maximum absolute atomic E-state index is 13.1. The van der Waals surface area contributed by atoms with Crippen LogP contribution in [-0.4, -0.2) is 55.2 Å². The molecular formula is C23H31N3O3S. The monoisotopic (exact) mass is 429 g/mol. The maximum atomic E-state index is 13.1. The van der Waals surface area contributed by atoms with Gasteiger partial charge in [-0.3, -0.25) is 9.69 Å². The van der Waals surface area contributed by atoms with E-state index in [1.807, 2.05) is 0 Å². The number of hydrogen-bond donors (Lipinski definition) is 1. The molecule has 4 aliphatic carbocycles. The Balaban J connectivity index is 1.25. The average Bonchev–Trinajstić information content (AvgIpc) is 2.73. The van der Waals surface area contributed by atoms with Gasteiger partial charge in [-0.1, -0.05) is 6.58 Å². The Bertz CT molecular complexity index is 898. The lowest BCUT2D eigenvalue weighted by Gasteiger charge is -2.61. The topological polar surface area (TPSA) is 69.7 Å². The molecule has 1 aliphatic heterocycles. The highest BCUT2D eigenvalue weighted by Crippen LogP contribution is 2.57. The highest BCUT2D eigenvalue weighted by molar-refractivity contribution is 7.89. The van der Waals surface area contributed by atoms with Crippen molar-refractivity contribution in [2.75, 3.05) is 31.5 Å². The largest absolute Gasteiger partial charge is 0.323 e. The van der Waals surface area contributed by atoms with Crippen molar-refractivity contribution in [3.8, 4) is 0 Å². The van der Waals surface area contributed by atoms with E-state index in [1.54, 1.807) is 28.6 Å². The Morgan fingerprint density at radius 2 is 1.50 bits per heavy atom. The smallest absolute Gasteiger partial charge is 0.247 e. The molecule has 0 atom stereocenters. The average molecular weight is 430 g/mol. The molecule has 1 saturated heterocycles. The molecule has 0 spiro atoms. The third-order valence-electron chi connectivity index (χ3n) is 7.86. The van der Waals surface area contributed by atoms with Crippen molar-refractivity contribution < 1.29 is 13.2 Å². The third-order valence-corrected chi connectivity index (χ3v) is 9.77. The molecule has 1 aromatic rings. The van der Waals surface area contributed by atoms with E-state index >= 15 is 0 Å². The van der Waals surface area contributed by atoms with Crippen LogP contribution in [0.1, 0.15) is 38.5 Å². The van der Waals surface area contributed by atoms with Gasteiger partial charge in [-0.15, -0.1) is 0 Å². The minimum Gasteiger partial charge on any atom is -0.323 e. The number of anilines is 1. The normalized spacial score (nSPS) is 34.1. The van der Waals surface area contributed by atoms with Crippen molar-refractivity contribution in [3.05, 3.63) is 36.9 Å². The van der Waals surface area contributed by atoms with Gasteiger partial charge in [0.15, 0.2) is 0 Å². The fourth-order valence-corrected chi connectivity index (χ4v) is 8.33. The van der Waals surface area contributed by atoms with Crippen LogP contribution in [0.25, 0.3) is 0 Å². The fourth-order valence-electron chi connectivity index (χ4n) is 6.91. The molecule has 30 heavy (non-hydrogen) atoms. The summed E-state index contributed by atoms with van der Waals surface area (Å²) in [5, 5.41) is 2.65. The molecule has 1 N–H and O–H groups in total. The minimum atomic E-state index is -3.52. The lowest BCUT2D eigenvalue weighted by Crippen LogP contribution is -2.64. The zero-order chi connectivity index (χ0) is 20.9. The molecule has 162 valence electrons. The summed E-state index contributed by atoms with van der Waals surface area (Å²) in [5.74, 6) is 2.39. The summed E-state index contributed by atoms with van der Waals surface area (Å²) in [6, 6.07) is 6.39. The second-order valence-electron chi connectivity index (χ2n) is 9.75. The quantitative estimate of drug-likeness (QED) is 0.731.